The molecule has 25 heavy (non-hydrogen) atoms. The summed E-state index contributed by atoms with van der Waals surface area (Å²) in [7, 11) is 0. The van der Waals surface area contributed by atoms with Gasteiger partial charge in [0.25, 0.3) is 5.91 Å². The third-order valence-electron chi connectivity index (χ3n) is 4.39. The summed E-state index contributed by atoms with van der Waals surface area (Å²) in [6.07, 6.45) is 2.55. The molecule has 0 spiro atoms. The molecule has 0 aliphatic carbocycles. The molecule has 7 heteroatoms. The van der Waals surface area contributed by atoms with Crippen LogP contribution in [0.2, 0.25) is 0 Å². The molecule has 2 rings (SSSR count). The molecule has 0 radical (unpaired) electrons. The maximum absolute atomic E-state index is 12.9. The summed E-state index contributed by atoms with van der Waals surface area (Å²) in [5.74, 6) is -1.07. The summed E-state index contributed by atoms with van der Waals surface area (Å²) in [4.78, 5) is 37.5. The Morgan fingerprint density at radius 1 is 1.36 bits per heavy atom. The van der Waals surface area contributed by atoms with E-state index in [4.69, 9.17) is 10.8 Å². The average Bonchev–Trinajstić information content (AvgIpc) is 2.60. The number of carbonyl (C=O) groups is 3. The Morgan fingerprint density at radius 2 is 2.08 bits per heavy atom. The first-order valence-electron chi connectivity index (χ1n) is 8.44. The molecule has 1 heterocycles. The van der Waals surface area contributed by atoms with E-state index in [0.29, 0.717) is 25.1 Å². The van der Waals surface area contributed by atoms with E-state index >= 15 is 0 Å². The standard InChI is InChI=1S/C18H24N2O4S/c1-12(17(19)23)25-15-7-3-2-6-14(15)18(24)20-10-4-5-13(11-20)8-9-16(21)22/h2-3,6-7,12-13H,4-5,8-11H2,1H3,(H2,19,23)(H,21,22). The van der Waals surface area contributed by atoms with Gasteiger partial charge in [-0.15, -0.1) is 11.8 Å². The molecule has 2 amide bonds. The monoisotopic (exact) mass is 364 g/mol. The SMILES string of the molecule is CC(Sc1ccccc1C(=O)N1CCCC(CCC(=O)O)C1)C(N)=O. The molecule has 2 unspecified atom stereocenters. The minimum atomic E-state index is -0.800. The lowest BCUT2D eigenvalue weighted by molar-refractivity contribution is -0.137. The second-order valence-corrected chi connectivity index (χ2v) is 7.73. The number of piperidine rings is 1. The third-order valence-corrected chi connectivity index (χ3v) is 5.59. The molecule has 136 valence electrons. The van der Waals surface area contributed by atoms with Gasteiger partial charge in [0.05, 0.1) is 10.8 Å². The van der Waals surface area contributed by atoms with Crippen LogP contribution >= 0.6 is 11.8 Å². The lowest BCUT2D eigenvalue weighted by Gasteiger charge is -2.33. The van der Waals surface area contributed by atoms with E-state index < -0.39 is 17.1 Å². The Balaban J connectivity index is 2.09. The van der Waals surface area contributed by atoms with Crippen molar-refractivity contribution in [3.05, 3.63) is 29.8 Å². The maximum Gasteiger partial charge on any atom is 0.303 e. The molecule has 1 aromatic carbocycles. The normalized spacial score (nSPS) is 18.6. The number of primary amides is 1. The molecule has 1 fully saturated rings. The minimum absolute atomic E-state index is 0.0696. The molecule has 1 aliphatic rings. The van der Waals surface area contributed by atoms with Crippen LogP contribution in [0.15, 0.2) is 29.2 Å². The van der Waals surface area contributed by atoms with Gasteiger partial charge in [-0.3, -0.25) is 14.4 Å². The van der Waals surface area contributed by atoms with Crippen molar-refractivity contribution in [2.45, 2.75) is 42.8 Å². The number of nitrogens with zero attached hydrogens (tertiary/aromatic N) is 1. The van der Waals surface area contributed by atoms with Crippen molar-refractivity contribution in [3.8, 4) is 0 Å². The number of carboxylic acids is 1. The molecular weight excluding hydrogens is 340 g/mol. The van der Waals surface area contributed by atoms with Gasteiger partial charge in [-0.1, -0.05) is 12.1 Å². The Kier molecular flexibility index (Phi) is 6.87. The van der Waals surface area contributed by atoms with Crippen molar-refractivity contribution in [2.24, 2.45) is 11.7 Å². The fourth-order valence-electron chi connectivity index (χ4n) is 2.98. The number of hydrogen-bond acceptors (Lipinski definition) is 4. The summed E-state index contributed by atoms with van der Waals surface area (Å²) in [6.45, 7) is 2.97. The first-order valence-corrected chi connectivity index (χ1v) is 9.32. The smallest absolute Gasteiger partial charge is 0.303 e. The van der Waals surface area contributed by atoms with Gasteiger partial charge in [0.2, 0.25) is 5.91 Å². The maximum atomic E-state index is 12.9. The average molecular weight is 364 g/mol. The fourth-order valence-corrected chi connectivity index (χ4v) is 3.91. The highest BCUT2D eigenvalue weighted by molar-refractivity contribution is 8.00. The summed E-state index contributed by atoms with van der Waals surface area (Å²) in [5, 5.41) is 8.42. The Bertz CT molecular complexity index is 650. The number of rotatable bonds is 7. The van der Waals surface area contributed by atoms with Gasteiger partial charge in [0.1, 0.15) is 0 Å². The van der Waals surface area contributed by atoms with Gasteiger partial charge >= 0.3 is 5.97 Å². The number of hydrogen-bond donors (Lipinski definition) is 2. The summed E-state index contributed by atoms with van der Waals surface area (Å²) < 4.78 is 0. The lowest BCUT2D eigenvalue weighted by atomic mass is 9.93. The predicted molar refractivity (Wildman–Crippen MR) is 96.5 cm³/mol. The van der Waals surface area contributed by atoms with Crippen LogP contribution in [0.25, 0.3) is 0 Å². The topological polar surface area (TPSA) is 101 Å². The summed E-state index contributed by atoms with van der Waals surface area (Å²) >= 11 is 1.29. The quantitative estimate of drug-likeness (QED) is 0.724. The van der Waals surface area contributed by atoms with Gasteiger partial charge < -0.3 is 15.7 Å². The summed E-state index contributed by atoms with van der Waals surface area (Å²) in [5.41, 5.74) is 5.89. The van der Waals surface area contributed by atoms with Gasteiger partial charge in [0.15, 0.2) is 0 Å². The van der Waals surface area contributed by atoms with Gasteiger partial charge in [-0.05, 0) is 44.2 Å². The predicted octanol–water partition coefficient (Wildman–Crippen LogP) is 2.37. The number of nitrogens with two attached hydrogens (primary N) is 1. The number of carboxylic acid groups (broad SMARTS) is 1. The Morgan fingerprint density at radius 3 is 2.76 bits per heavy atom. The number of thioether (sulfide) groups is 1. The number of amides is 2. The molecule has 6 nitrogen and oxygen atoms in total. The molecule has 3 N–H and O–H groups in total. The van der Waals surface area contributed by atoms with E-state index in [1.165, 1.54) is 11.8 Å². The number of likely N-dealkylation sites (tertiary alicyclic amines) is 1. The zero-order valence-corrected chi connectivity index (χ0v) is 15.1. The van der Waals surface area contributed by atoms with Crippen molar-refractivity contribution >= 4 is 29.5 Å². The number of benzene rings is 1. The van der Waals surface area contributed by atoms with Gasteiger partial charge in [0, 0.05) is 24.4 Å². The van der Waals surface area contributed by atoms with Crippen molar-refractivity contribution in [2.75, 3.05) is 13.1 Å². The van der Waals surface area contributed by atoms with E-state index in [9.17, 15) is 14.4 Å². The van der Waals surface area contributed by atoms with Crippen LogP contribution in [0.3, 0.4) is 0 Å². The molecule has 1 aliphatic heterocycles. The van der Waals surface area contributed by atoms with Gasteiger partial charge in [-0.2, -0.15) is 0 Å². The van der Waals surface area contributed by atoms with E-state index in [0.717, 1.165) is 17.7 Å². The highest BCUT2D eigenvalue weighted by atomic mass is 32.2. The lowest BCUT2D eigenvalue weighted by Crippen LogP contribution is -2.40. The molecule has 1 saturated heterocycles. The van der Waals surface area contributed by atoms with Crippen LogP contribution in [0.5, 0.6) is 0 Å². The van der Waals surface area contributed by atoms with Crippen LogP contribution in [-0.4, -0.2) is 46.1 Å². The van der Waals surface area contributed by atoms with Crippen LogP contribution in [0.4, 0.5) is 0 Å². The Labute approximate surface area is 151 Å². The summed E-state index contributed by atoms with van der Waals surface area (Å²) in [6, 6.07) is 7.22. The van der Waals surface area contributed by atoms with Crippen molar-refractivity contribution in [1.82, 2.24) is 4.90 Å². The first-order chi connectivity index (χ1) is 11.9. The number of carbonyl (C=O) groups excluding carboxylic acids is 2. The van der Waals surface area contributed by atoms with Crippen LogP contribution in [0.1, 0.15) is 43.0 Å². The third kappa shape index (κ3) is 5.49. The highest BCUT2D eigenvalue weighted by Crippen LogP contribution is 2.29. The van der Waals surface area contributed by atoms with Crippen molar-refractivity contribution in [1.29, 1.82) is 0 Å². The molecule has 0 bridgehead atoms. The highest BCUT2D eigenvalue weighted by Gasteiger charge is 2.26. The fraction of sp³-hybridized carbons (Fsp3) is 0.500. The Hall–Kier alpha value is -2.02. The second-order valence-electron chi connectivity index (χ2n) is 6.35. The molecular formula is C18H24N2O4S. The van der Waals surface area contributed by atoms with E-state index in [1.807, 2.05) is 12.1 Å². The first kappa shape index (κ1) is 19.3. The van der Waals surface area contributed by atoms with Crippen LogP contribution < -0.4 is 5.73 Å². The van der Waals surface area contributed by atoms with E-state index in [2.05, 4.69) is 0 Å². The zero-order valence-electron chi connectivity index (χ0n) is 14.3. The zero-order chi connectivity index (χ0) is 18.4. The van der Waals surface area contributed by atoms with Gasteiger partial charge in [-0.25, -0.2) is 0 Å². The van der Waals surface area contributed by atoms with E-state index in [1.54, 1.807) is 24.0 Å². The second kappa shape index (κ2) is 8.89. The van der Waals surface area contributed by atoms with E-state index in [-0.39, 0.29) is 18.2 Å². The minimum Gasteiger partial charge on any atom is -0.481 e. The molecule has 2 atom stereocenters. The van der Waals surface area contributed by atoms with Crippen LogP contribution in [-0.2, 0) is 9.59 Å². The largest absolute Gasteiger partial charge is 0.481 e. The van der Waals surface area contributed by atoms with Crippen LogP contribution in [0, 0.1) is 5.92 Å². The number of aliphatic carboxylic acids is 1. The van der Waals surface area contributed by atoms with Crippen molar-refractivity contribution in [3.63, 3.8) is 0 Å². The molecule has 1 aromatic rings. The van der Waals surface area contributed by atoms with Crippen molar-refractivity contribution < 1.29 is 19.5 Å². The molecule has 0 saturated carbocycles. The molecule has 0 aromatic heterocycles.